The van der Waals surface area contributed by atoms with Crippen molar-refractivity contribution in [2.24, 2.45) is 5.41 Å². The van der Waals surface area contributed by atoms with Gasteiger partial charge in [-0.1, -0.05) is 59.8 Å². The third kappa shape index (κ3) is 8.33. The lowest BCUT2D eigenvalue weighted by Gasteiger charge is -2.31. The van der Waals surface area contributed by atoms with E-state index in [1.54, 1.807) is 0 Å². The molecule has 15 heteroatoms. The highest BCUT2D eigenvalue weighted by Crippen LogP contribution is 2.40. The minimum atomic E-state index is -4.99. The number of aromatic amines is 1. The van der Waals surface area contributed by atoms with E-state index in [-0.39, 0.29) is 30.1 Å². The van der Waals surface area contributed by atoms with Gasteiger partial charge in [-0.2, -0.15) is 0 Å². The number of ether oxygens (including phenoxy) is 1. The normalized spacial score (nSPS) is 13.7. The first-order valence-electron chi connectivity index (χ1n) is 12.7. The van der Waals surface area contributed by atoms with Crippen LogP contribution in [-0.4, -0.2) is 49.7 Å². The standard InChI is InChI=1S/C27H29N4O10P/c1-17-23(41-26(34)40-17)15-38-25(33)27(2,16-39-42(35,36)37)13-21(29-24(32)22-14-28-31-30-22)12-18-8-10-20(11-9-18)19-6-4-3-5-7-19/h3-11,14,21H,12-13,15-16H2,1-2H3,(H,29,32)(H,28,30,31)(H2,35,36,37). The van der Waals surface area contributed by atoms with Crippen LogP contribution in [0.2, 0.25) is 0 Å². The number of aromatic nitrogens is 3. The molecule has 2 aromatic carbocycles. The summed E-state index contributed by atoms with van der Waals surface area (Å²) in [7, 11) is -4.99. The summed E-state index contributed by atoms with van der Waals surface area (Å²) < 4.78 is 31.3. The van der Waals surface area contributed by atoms with Crippen molar-refractivity contribution in [3.63, 3.8) is 0 Å². The molecule has 0 radical (unpaired) electrons. The number of nitrogens with one attached hydrogen (secondary N) is 2. The van der Waals surface area contributed by atoms with Gasteiger partial charge in [-0.15, -0.1) is 5.10 Å². The fourth-order valence-corrected chi connectivity index (χ4v) is 4.73. The molecule has 14 nitrogen and oxygen atoms in total. The van der Waals surface area contributed by atoms with E-state index in [0.29, 0.717) is 0 Å². The van der Waals surface area contributed by atoms with Crippen LogP contribution in [0.4, 0.5) is 0 Å². The molecule has 2 atom stereocenters. The number of rotatable bonds is 13. The molecule has 0 saturated heterocycles. The Morgan fingerprint density at radius 3 is 2.38 bits per heavy atom. The number of hydrogen-bond acceptors (Lipinski definition) is 10. The van der Waals surface area contributed by atoms with Gasteiger partial charge in [0.05, 0.1) is 18.2 Å². The van der Waals surface area contributed by atoms with Gasteiger partial charge in [0.2, 0.25) is 0 Å². The van der Waals surface area contributed by atoms with Crippen LogP contribution >= 0.6 is 7.82 Å². The van der Waals surface area contributed by atoms with E-state index in [2.05, 4.69) is 20.7 Å². The monoisotopic (exact) mass is 600 g/mol. The third-order valence-electron chi connectivity index (χ3n) is 6.45. The van der Waals surface area contributed by atoms with Gasteiger partial charge in [0, 0.05) is 6.04 Å². The first kappa shape index (κ1) is 30.6. The van der Waals surface area contributed by atoms with Crippen molar-refractivity contribution in [1.82, 2.24) is 20.7 Å². The van der Waals surface area contributed by atoms with E-state index in [4.69, 9.17) is 18.1 Å². The van der Waals surface area contributed by atoms with Crippen molar-refractivity contribution >= 4 is 19.7 Å². The quantitative estimate of drug-likeness (QED) is 0.129. The van der Waals surface area contributed by atoms with E-state index >= 15 is 0 Å². The molecule has 222 valence electrons. The Labute approximate surface area is 239 Å². The molecule has 0 bridgehead atoms. The number of hydrogen-bond donors (Lipinski definition) is 4. The zero-order valence-electron chi connectivity index (χ0n) is 22.7. The van der Waals surface area contributed by atoms with Gasteiger partial charge in [-0.25, -0.2) is 9.36 Å². The van der Waals surface area contributed by atoms with E-state index in [1.165, 1.54) is 20.0 Å². The van der Waals surface area contributed by atoms with Gasteiger partial charge in [-0.05, 0) is 43.4 Å². The fraction of sp³-hybridized carbons (Fsp3) is 0.296. The summed E-state index contributed by atoms with van der Waals surface area (Å²) in [5.74, 6) is -2.37. The molecule has 1 amide bonds. The molecule has 4 N–H and O–H groups in total. The maximum Gasteiger partial charge on any atom is 0.519 e. The van der Waals surface area contributed by atoms with E-state index in [1.807, 2.05) is 54.6 Å². The average Bonchev–Trinajstić information content (AvgIpc) is 3.60. The minimum absolute atomic E-state index is 0.0262. The lowest BCUT2D eigenvalue weighted by Crippen LogP contribution is -2.45. The van der Waals surface area contributed by atoms with Crippen molar-refractivity contribution in [2.75, 3.05) is 6.61 Å². The summed E-state index contributed by atoms with van der Waals surface area (Å²) in [6.07, 6.45) is 1.30. The summed E-state index contributed by atoms with van der Waals surface area (Å²) in [6.45, 7) is 1.62. The van der Waals surface area contributed by atoms with Crippen molar-refractivity contribution in [3.8, 4) is 11.1 Å². The smallest absolute Gasteiger partial charge is 0.457 e. The Kier molecular flexibility index (Phi) is 9.53. The number of aryl methyl sites for hydroxylation is 1. The van der Waals surface area contributed by atoms with Gasteiger partial charge in [0.25, 0.3) is 5.91 Å². The molecule has 42 heavy (non-hydrogen) atoms. The summed E-state index contributed by atoms with van der Waals surface area (Å²) in [5, 5.41) is 12.4. The Bertz CT molecular complexity index is 1600. The summed E-state index contributed by atoms with van der Waals surface area (Å²) in [4.78, 5) is 56.3. The highest BCUT2D eigenvalue weighted by atomic mass is 31.2. The predicted octanol–water partition coefficient (Wildman–Crippen LogP) is 2.92. The Morgan fingerprint density at radius 1 is 1.10 bits per heavy atom. The van der Waals surface area contributed by atoms with Crippen molar-refractivity contribution < 1.29 is 42.0 Å². The second kappa shape index (κ2) is 13.1. The highest BCUT2D eigenvalue weighted by Gasteiger charge is 2.40. The molecule has 0 aliphatic carbocycles. The summed E-state index contributed by atoms with van der Waals surface area (Å²) in [5.41, 5.74) is 1.21. The average molecular weight is 601 g/mol. The van der Waals surface area contributed by atoms with Gasteiger partial charge >= 0.3 is 19.6 Å². The van der Waals surface area contributed by atoms with Crippen LogP contribution in [0.25, 0.3) is 11.1 Å². The Balaban J connectivity index is 1.58. The van der Waals surface area contributed by atoms with Crippen molar-refractivity contribution in [3.05, 3.63) is 94.2 Å². The van der Waals surface area contributed by atoms with E-state index in [9.17, 15) is 28.7 Å². The number of H-pyrrole nitrogens is 1. The maximum absolute atomic E-state index is 13.3. The van der Waals surface area contributed by atoms with Crippen molar-refractivity contribution in [2.45, 2.75) is 39.3 Å². The number of nitrogens with zero attached hydrogens (tertiary/aromatic N) is 2. The molecule has 0 aliphatic rings. The molecule has 2 unspecified atom stereocenters. The summed E-state index contributed by atoms with van der Waals surface area (Å²) >= 11 is 0. The molecule has 0 aliphatic heterocycles. The first-order valence-corrected chi connectivity index (χ1v) is 14.2. The topological polar surface area (TPSA) is 207 Å². The number of amides is 1. The molecular weight excluding hydrogens is 571 g/mol. The van der Waals surface area contributed by atoms with Gasteiger partial charge in [-0.3, -0.25) is 19.2 Å². The zero-order chi connectivity index (χ0) is 30.3. The molecule has 4 rings (SSSR count). The fourth-order valence-electron chi connectivity index (χ4n) is 4.28. The molecule has 4 aromatic rings. The lowest BCUT2D eigenvalue weighted by atomic mass is 9.82. The molecular formula is C27H29N4O10P. The summed E-state index contributed by atoms with van der Waals surface area (Å²) in [6, 6.07) is 16.6. The number of esters is 1. The van der Waals surface area contributed by atoms with Crippen LogP contribution in [0.1, 0.15) is 40.9 Å². The van der Waals surface area contributed by atoms with Crippen LogP contribution < -0.4 is 11.1 Å². The van der Waals surface area contributed by atoms with Gasteiger partial charge < -0.3 is 28.7 Å². The number of phosphoric ester groups is 1. The number of phosphoric acid groups is 1. The van der Waals surface area contributed by atoms with Crippen LogP contribution in [0, 0.1) is 12.3 Å². The highest BCUT2D eigenvalue weighted by molar-refractivity contribution is 7.46. The number of benzene rings is 2. The minimum Gasteiger partial charge on any atom is -0.457 e. The largest absolute Gasteiger partial charge is 0.519 e. The van der Waals surface area contributed by atoms with Crippen LogP contribution in [-0.2, 0) is 31.6 Å². The second-order valence-corrected chi connectivity index (χ2v) is 11.1. The zero-order valence-corrected chi connectivity index (χ0v) is 23.6. The Hall–Kier alpha value is -4.36. The van der Waals surface area contributed by atoms with Crippen LogP contribution in [0.5, 0.6) is 0 Å². The number of carbonyl (C=O) groups excluding carboxylic acids is 2. The third-order valence-corrected chi connectivity index (χ3v) is 6.91. The molecule has 0 spiro atoms. The van der Waals surface area contributed by atoms with Gasteiger partial charge in [0.1, 0.15) is 5.69 Å². The first-order chi connectivity index (χ1) is 19.9. The van der Waals surface area contributed by atoms with E-state index < -0.39 is 50.2 Å². The predicted molar refractivity (Wildman–Crippen MR) is 146 cm³/mol. The molecule has 2 aromatic heterocycles. The van der Waals surface area contributed by atoms with Crippen LogP contribution in [0.15, 0.2) is 74.4 Å². The van der Waals surface area contributed by atoms with Crippen LogP contribution in [0.3, 0.4) is 0 Å². The molecule has 0 fully saturated rings. The van der Waals surface area contributed by atoms with E-state index in [0.717, 1.165) is 16.7 Å². The Morgan fingerprint density at radius 2 is 1.79 bits per heavy atom. The SMILES string of the molecule is Cc1oc(=O)oc1COC(=O)C(C)(COP(=O)(O)O)CC(Cc1ccc(-c2ccccc2)cc1)NC(=O)c1cnn[nH]1. The number of carbonyl (C=O) groups is 2. The molecule has 0 saturated carbocycles. The molecule has 2 heterocycles. The lowest BCUT2D eigenvalue weighted by molar-refractivity contribution is -0.160. The maximum atomic E-state index is 13.3. The van der Waals surface area contributed by atoms with Gasteiger partial charge in [0.15, 0.2) is 18.1 Å². The van der Waals surface area contributed by atoms with Crippen molar-refractivity contribution in [1.29, 1.82) is 0 Å². The second-order valence-electron chi connectivity index (χ2n) is 9.85.